The molecule has 0 amide bonds. The highest BCUT2D eigenvalue weighted by molar-refractivity contribution is 5.64. The molecule has 164 valence electrons. The van der Waals surface area contributed by atoms with Gasteiger partial charge in [0.25, 0.3) is 0 Å². The monoisotopic (exact) mass is 415 g/mol. The quantitative estimate of drug-likeness (QED) is 0.471. The van der Waals surface area contributed by atoms with Crippen molar-refractivity contribution in [1.82, 2.24) is 0 Å². The molecule has 0 bridgehead atoms. The topological polar surface area (TPSA) is 35.2 Å². The highest BCUT2D eigenvalue weighted by Crippen LogP contribution is 2.28. The first-order valence-corrected chi connectivity index (χ1v) is 11.8. The maximum atomic E-state index is 6.06. The average Bonchev–Trinajstić information content (AvgIpc) is 2.83. The molecule has 0 fully saturated rings. The third kappa shape index (κ3) is 6.45. The Bertz CT molecular complexity index is 928. The van der Waals surface area contributed by atoms with Gasteiger partial charge in [-0.15, -0.1) is 0 Å². The second kappa shape index (κ2) is 11.7. The molecule has 0 aliphatic heterocycles. The lowest BCUT2D eigenvalue weighted by Gasteiger charge is -2.23. The summed E-state index contributed by atoms with van der Waals surface area (Å²) in [5, 5.41) is 0. The van der Waals surface area contributed by atoms with E-state index in [4.69, 9.17) is 10.5 Å². The largest absolute Gasteiger partial charge is 0.489 e. The zero-order valence-corrected chi connectivity index (χ0v) is 19.4. The second-order valence-electron chi connectivity index (χ2n) is 8.52. The summed E-state index contributed by atoms with van der Waals surface area (Å²) in [5.41, 5.74) is 13.8. The Morgan fingerprint density at radius 2 is 1.42 bits per heavy atom. The standard InChI is InChI=1S/C26H29NO.C3H8/c1-2-19-3-8-22(9-4-19)23-10-5-20(6-11-23)18-28-26-14-13-24-15-21(17-27)7-12-25(24)16-26;1-3-2/h3-6,8-11,13-14,16,21H,2,7,12,15,17-18,27H2,1H3;3H2,1-2H3. The summed E-state index contributed by atoms with van der Waals surface area (Å²) in [5.74, 6) is 1.60. The highest BCUT2D eigenvalue weighted by atomic mass is 16.5. The summed E-state index contributed by atoms with van der Waals surface area (Å²) >= 11 is 0. The van der Waals surface area contributed by atoms with E-state index in [1.807, 2.05) is 0 Å². The number of hydrogen-bond donors (Lipinski definition) is 1. The number of benzene rings is 3. The van der Waals surface area contributed by atoms with Gasteiger partial charge in [0.15, 0.2) is 0 Å². The fraction of sp³-hybridized carbons (Fsp3) is 0.379. The number of rotatable bonds is 6. The van der Waals surface area contributed by atoms with Crippen molar-refractivity contribution in [3.05, 3.63) is 89.0 Å². The van der Waals surface area contributed by atoms with Crippen LogP contribution in [0, 0.1) is 5.92 Å². The van der Waals surface area contributed by atoms with Gasteiger partial charge >= 0.3 is 0 Å². The van der Waals surface area contributed by atoms with Crippen LogP contribution in [0.5, 0.6) is 5.75 Å². The molecular formula is C29H37NO. The van der Waals surface area contributed by atoms with Gasteiger partial charge in [0.1, 0.15) is 12.4 Å². The number of hydrogen-bond acceptors (Lipinski definition) is 2. The number of nitrogens with two attached hydrogens (primary N) is 1. The van der Waals surface area contributed by atoms with E-state index in [-0.39, 0.29) is 0 Å². The van der Waals surface area contributed by atoms with E-state index in [9.17, 15) is 0 Å². The van der Waals surface area contributed by atoms with Crippen molar-refractivity contribution in [1.29, 1.82) is 0 Å². The van der Waals surface area contributed by atoms with Crippen LogP contribution in [-0.2, 0) is 25.9 Å². The molecule has 3 aromatic carbocycles. The number of fused-ring (bicyclic) bond motifs is 1. The van der Waals surface area contributed by atoms with E-state index in [1.165, 1.54) is 46.2 Å². The maximum absolute atomic E-state index is 6.06. The van der Waals surface area contributed by atoms with Gasteiger partial charge in [0.05, 0.1) is 0 Å². The molecule has 1 unspecified atom stereocenters. The van der Waals surface area contributed by atoms with Crippen LogP contribution in [0.25, 0.3) is 11.1 Å². The minimum Gasteiger partial charge on any atom is -0.489 e. The molecule has 31 heavy (non-hydrogen) atoms. The molecule has 0 spiro atoms. The molecular weight excluding hydrogens is 378 g/mol. The summed E-state index contributed by atoms with van der Waals surface area (Å²) in [6.45, 7) is 7.82. The van der Waals surface area contributed by atoms with Crippen molar-refractivity contribution in [2.24, 2.45) is 11.7 Å². The Morgan fingerprint density at radius 3 is 2.00 bits per heavy atom. The van der Waals surface area contributed by atoms with Crippen LogP contribution >= 0.6 is 0 Å². The van der Waals surface area contributed by atoms with Gasteiger partial charge in [-0.2, -0.15) is 0 Å². The van der Waals surface area contributed by atoms with Crippen LogP contribution < -0.4 is 10.5 Å². The lowest BCUT2D eigenvalue weighted by molar-refractivity contribution is 0.305. The van der Waals surface area contributed by atoms with Crippen LogP contribution in [0.4, 0.5) is 0 Å². The minimum absolute atomic E-state index is 0.596. The minimum atomic E-state index is 0.596. The fourth-order valence-corrected chi connectivity index (χ4v) is 3.99. The Kier molecular flexibility index (Phi) is 8.73. The van der Waals surface area contributed by atoms with E-state index in [2.05, 4.69) is 87.5 Å². The van der Waals surface area contributed by atoms with Crippen LogP contribution in [0.3, 0.4) is 0 Å². The maximum Gasteiger partial charge on any atom is 0.120 e. The molecule has 0 aromatic heterocycles. The Balaban J connectivity index is 0.000000858. The second-order valence-corrected chi connectivity index (χ2v) is 8.52. The summed E-state index contributed by atoms with van der Waals surface area (Å²) in [7, 11) is 0. The first-order chi connectivity index (χ1) is 15.2. The van der Waals surface area contributed by atoms with Crippen molar-refractivity contribution < 1.29 is 4.74 Å². The van der Waals surface area contributed by atoms with E-state index in [0.29, 0.717) is 12.5 Å². The summed E-state index contributed by atoms with van der Waals surface area (Å²) in [6, 6.07) is 24.0. The molecule has 1 aliphatic carbocycles. The van der Waals surface area contributed by atoms with Crippen LogP contribution in [0.1, 0.15) is 55.9 Å². The van der Waals surface area contributed by atoms with Gasteiger partial charge in [-0.05, 0) is 83.7 Å². The van der Waals surface area contributed by atoms with E-state index in [0.717, 1.165) is 31.6 Å². The van der Waals surface area contributed by atoms with Crippen LogP contribution in [0.2, 0.25) is 0 Å². The van der Waals surface area contributed by atoms with E-state index in [1.54, 1.807) is 0 Å². The number of aryl methyl sites for hydroxylation is 2. The summed E-state index contributed by atoms with van der Waals surface area (Å²) < 4.78 is 6.06. The van der Waals surface area contributed by atoms with Gasteiger partial charge in [-0.3, -0.25) is 0 Å². The van der Waals surface area contributed by atoms with E-state index < -0.39 is 0 Å². The molecule has 0 saturated heterocycles. The first-order valence-electron chi connectivity index (χ1n) is 11.8. The SMILES string of the molecule is CCC.CCc1ccc(-c2ccc(COc3ccc4c(c3)CCC(CN)C4)cc2)cc1. The highest BCUT2D eigenvalue weighted by Gasteiger charge is 2.17. The molecule has 0 heterocycles. The van der Waals surface area contributed by atoms with Crippen molar-refractivity contribution >= 4 is 0 Å². The van der Waals surface area contributed by atoms with Crippen molar-refractivity contribution in [2.45, 2.75) is 59.5 Å². The van der Waals surface area contributed by atoms with Crippen LogP contribution in [0.15, 0.2) is 66.7 Å². The molecule has 3 aromatic rings. The molecule has 1 atom stereocenters. The summed E-state index contributed by atoms with van der Waals surface area (Å²) in [6.07, 6.45) is 5.73. The van der Waals surface area contributed by atoms with E-state index >= 15 is 0 Å². The number of ether oxygens (including phenoxy) is 1. The Labute approximate surface area is 188 Å². The normalized spacial score (nSPS) is 14.9. The third-order valence-corrected chi connectivity index (χ3v) is 5.90. The molecule has 4 rings (SSSR count). The Morgan fingerprint density at radius 1 is 0.806 bits per heavy atom. The predicted octanol–water partition coefficient (Wildman–Crippen LogP) is 6.97. The molecule has 2 nitrogen and oxygen atoms in total. The molecule has 0 saturated carbocycles. The van der Waals surface area contributed by atoms with Gasteiger partial charge in [-0.1, -0.05) is 81.8 Å². The lowest BCUT2D eigenvalue weighted by atomic mass is 9.84. The van der Waals surface area contributed by atoms with Crippen molar-refractivity contribution in [2.75, 3.05) is 6.54 Å². The molecule has 0 radical (unpaired) electrons. The smallest absolute Gasteiger partial charge is 0.120 e. The Hall–Kier alpha value is -2.58. The molecule has 2 N–H and O–H groups in total. The third-order valence-electron chi connectivity index (χ3n) is 5.90. The fourth-order valence-electron chi connectivity index (χ4n) is 3.99. The van der Waals surface area contributed by atoms with Crippen LogP contribution in [-0.4, -0.2) is 6.54 Å². The van der Waals surface area contributed by atoms with Gasteiger partial charge in [0, 0.05) is 0 Å². The first kappa shape index (κ1) is 23.1. The lowest BCUT2D eigenvalue weighted by Crippen LogP contribution is -2.22. The molecule has 2 heteroatoms. The zero-order valence-electron chi connectivity index (χ0n) is 19.4. The van der Waals surface area contributed by atoms with Crippen molar-refractivity contribution in [3.63, 3.8) is 0 Å². The van der Waals surface area contributed by atoms with Gasteiger partial charge in [0.2, 0.25) is 0 Å². The van der Waals surface area contributed by atoms with Gasteiger partial charge in [-0.25, -0.2) is 0 Å². The van der Waals surface area contributed by atoms with Crippen molar-refractivity contribution in [3.8, 4) is 16.9 Å². The van der Waals surface area contributed by atoms with Gasteiger partial charge < -0.3 is 10.5 Å². The predicted molar refractivity (Wildman–Crippen MR) is 133 cm³/mol. The zero-order chi connectivity index (χ0) is 22.1. The molecule has 1 aliphatic rings. The average molecular weight is 416 g/mol. The summed E-state index contributed by atoms with van der Waals surface area (Å²) in [4.78, 5) is 0.